The lowest BCUT2D eigenvalue weighted by Gasteiger charge is -2.32. The molecule has 258 valence electrons. The molecule has 4 heterocycles. The third kappa shape index (κ3) is 6.72. The smallest absolute Gasteiger partial charge is 0.234 e. The van der Waals surface area contributed by atoms with E-state index in [4.69, 9.17) is 0 Å². The molecule has 4 aliphatic heterocycles. The van der Waals surface area contributed by atoms with E-state index in [1.54, 1.807) is 22.3 Å². The zero-order valence-electron chi connectivity index (χ0n) is 29.1. The minimum absolute atomic E-state index is 0.0511. The van der Waals surface area contributed by atoms with Crippen molar-refractivity contribution in [1.82, 2.24) is 25.3 Å². The SMILES string of the molecule is CN(CC(=O)NC1CCC(CCN2[C@@H]3CC[C@H]2c2ccccc23)CC1)CC(=O)NC1CCC(CCN2[C@@H]3CC[C@H]2c2ccccc23)CC1. The molecule has 4 fully saturated rings. The first-order valence-corrected chi connectivity index (χ1v) is 19.5. The van der Waals surface area contributed by atoms with E-state index in [1.165, 1.54) is 77.3 Å². The second-order valence-electron chi connectivity index (χ2n) is 16.3. The number of rotatable bonds is 12. The summed E-state index contributed by atoms with van der Waals surface area (Å²) in [6, 6.07) is 21.3. The van der Waals surface area contributed by atoms with E-state index in [-0.39, 0.29) is 37.0 Å². The summed E-state index contributed by atoms with van der Waals surface area (Å²) in [4.78, 5) is 33.1. The molecule has 2 N–H and O–H groups in total. The Hall–Kier alpha value is -2.74. The van der Waals surface area contributed by atoms with Crippen LogP contribution < -0.4 is 10.6 Å². The van der Waals surface area contributed by atoms with E-state index >= 15 is 0 Å². The fraction of sp³-hybridized carbons (Fsp3) is 0.659. The van der Waals surface area contributed by atoms with Crippen molar-refractivity contribution in [2.45, 2.75) is 126 Å². The van der Waals surface area contributed by atoms with Gasteiger partial charge in [0.15, 0.2) is 0 Å². The maximum Gasteiger partial charge on any atom is 0.234 e. The number of nitrogens with one attached hydrogen (secondary N) is 2. The van der Waals surface area contributed by atoms with Crippen LogP contribution in [0.15, 0.2) is 48.5 Å². The fourth-order valence-corrected chi connectivity index (χ4v) is 10.9. The van der Waals surface area contributed by atoms with Gasteiger partial charge in [0.05, 0.1) is 13.1 Å². The minimum Gasteiger partial charge on any atom is -0.352 e. The van der Waals surface area contributed by atoms with Crippen molar-refractivity contribution in [3.8, 4) is 0 Å². The van der Waals surface area contributed by atoms with E-state index in [0.29, 0.717) is 24.2 Å². The van der Waals surface area contributed by atoms with Crippen LogP contribution in [0.3, 0.4) is 0 Å². The van der Waals surface area contributed by atoms with Gasteiger partial charge in [-0.1, -0.05) is 48.5 Å². The van der Waals surface area contributed by atoms with Crippen LogP contribution in [0, 0.1) is 11.8 Å². The van der Waals surface area contributed by atoms with Crippen molar-refractivity contribution < 1.29 is 9.59 Å². The Morgan fingerprint density at radius 1 is 0.562 bits per heavy atom. The van der Waals surface area contributed by atoms with Gasteiger partial charge in [-0.15, -0.1) is 0 Å². The van der Waals surface area contributed by atoms with Crippen LogP contribution >= 0.6 is 0 Å². The third-order valence-electron chi connectivity index (χ3n) is 13.3. The van der Waals surface area contributed by atoms with Crippen LogP contribution in [-0.4, -0.2) is 71.8 Å². The molecule has 2 saturated heterocycles. The Kier molecular flexibility index (Phi) is 9.63. The van der Waals surface area contributed by atoms with Gasteiger partial charge >= 0.3 is 0 Å². The Balaban J connectivity index is 0.685. The van der Waals surface area contributed by atoms with E-state index in [0.717, 1.165) is 37.5 Å². The van der Waals surface area contributed by atoms with Gasteiger partial charge in [0.2, 0.25) is 11.8 Å². The number of hydrogen-bond donors (Lipinski definition) is 2. The number of likely N-dealkylation sites (N-methyl/N-ethyl adjacent to an activating group) is 1. The summed E-state index contributed by atoms with van der Waals surface area (Å²) < 4.78 is 0. The van der Waals surface area contributed by atoms with Gasteiger partial charge in [-0.3, -0.25) is 24.3 Å². The van der Waals surface area contributed by atoms with Gasteiger partial charge in [0.1, 0.15) is 0 Å². The highest BCUT2D eigenvalue weighted by Gasteiger charge is 2.44. The van der Waals surface area contributed by atoms with E-state index in [9.17, 15) is 9.59 Å². The van der Waals surface area contributed by atoms with Gasteiger partial charge in [-0.2, -0.15) is 0 Å². The highest BCUT2D eigenvalue weighted by molar-refractivity contribution is 5.81. The Labute approximate surface area is 288 Å². The molecule has 2 amide bonds. The molecule has 48 heavy (non-hydrogen) atoms. The molecule has 0 radical (unpaired) electrons. The van der Waals surface area contributed by atoms with Crippen LogP contribution in [-0.2, 0) is 9.59 Å². The molecule has 2 aromatic rings. The minimum atomic E-state index is 0.0511. The predicted molar refractivity (Wildman–Crippen MR) is 190 cm³/mol. The summed E-state index contributed by atoms with van der Waals surface area (Å²) >= 11 is 0. The molecule has 6 aliphatic rings. The number of amides is 2. The van der Waals surface area contributed by atoms with Crippen molar-refractivity contribution in [1.29, 1.82) is 0 Å². The Morgan fingerprint density at radius 3 is 1.23 bits per heavy atom. The molecule has 0 spiro atoms. The Bertz CT molecular complexity index is 1280. The average molecular weight is 652 g/mol. The first kappa shape index (κ1) is 32.5. The summed E-state index contributed by atoms with van der Waals surface area (Å²) in [5.74, 6) is 1.63. The summed E-state index contributed by atoms with van der Waals surface area (Å²) in [6.07, 6.45) is 16.9. The standard InChI is InChI=1S/C41H57N5O2/c1-44(26-40(47)42-30-14-10-28(11-15-30)22-24-45-36-18-19-37(45)33-7-3-2-6-32(33)36)27-41(48)43-31-16-12-29(13-17-31)23-25-46-38-20-21-39(46)35-9-5-4-8-34(35)38/h2-9,28-31,36-39H,10-27H2,1H3,(H,42,47)(H,43,48)/t28?,29?,30?,31?,36-,37+,38-,39+. The molecular formula is C41H57N5O2. The van der Waals surface area contributed by atoms with Crippen molar-refractivity contribution in [3.63, 3.8) is 0 Å². The quantitative estimate of drug-likeness (QED) is 0.263. The van der Waals surface area contributed by atoms with Crippen LogP contribution in [0.4, 0.5) is 0 Å². The largest absolute Gasteiger partial charge is 0.352 e. The number of benzene rings is 2. The van der Waals surface area contributed by atoms with Crippen molar-refractivity contribution >= 4 is 11.8 Å². The zero-order chi connectivity index (χ0) is 32.6. The maximum atomic E-state index is 12.9. The molecule has 7 nitrogen and oxygen atoms in total. The molecule has 8 rings (SSSR count). The zero-order valence-corrected chi connectivity index (χ0v) is 29.1. The number of hydrogen-bond acceptors (Lipinski definition) is 5. The highest BCUT2D eigenvalue weighted by atomic mass is 16.2. The maximum absolute atomic E-state index is 12.9. The van der Waals surface area contributed by atoms with Crippen LogP contribution in [0.1, 0.15) is 136 Å². The van der Waals surface area contributed by atoms with Gasteiger partial charge in [-0.25, -0.2) is 0 Å². The molecule has 0 unspecified atom stereocenters. The van der Waals surface area contributed by atoms with E-state index in [1.807, 2.05) is 11.9 Å². The van der Waals surface area contributed by atoms with Gasteiger partial charge in [-0.05, 0) is 144 Å². The second-order valence-corrected chi connectivity index (χ2v) is 16.3. The molecule has 7 heteroatoms. The summed E-state index contributed by atoms with van der Waals surface area (Å²) in [5.41, 5.74) is 6.30. The second kappa shape index (κ2) is 14.2. The monoisotopic (exact) mass is 651 g/mol. The van der Waals surface area contributed by atoms with E-state index in [2.05, 4.69) is 69.0 Å². The van der Waals surface area contributed by atoms with Crippen molar-refractivity contribution in [3.05, 3.63) is 70.8 Å². The summed E-state index contributed by atoms with van der Waals surface area (Å²) in [6.45, 7) is 2.96. The molecular weight excluding hydrogens is 594 g/mol. The Morgan fingerprint density at radius 2 is 0.896 bits per heavy atom. The molecule has 4 atom stereocenters. The van der Waals surface area contributed by atoms with Crippen molar-refractivity contribution in [2.24, 2.45) is 11.8 Å². The van der Waals surface area contributed by atoms with Crippen LogP contribution in [0.5, 0.6) is 0 Å². The predicted octanol–water partition coefficient (Wildman–Crippen LogP) is 6.83. The number of carbonyl (C=O) groups excluding carboxylic acids is 2. The topological polar surface area (TPSA) is 67.9 Å². The normalized spacial score (nSPS) is 32.4. The summed E-state index contributed by atoms with van der Waals surface area (Å²) in [7, 11) is 1.89. The van der Waals surface area contributed by atoms with Gasteiger partial charge < -0.3 is 10.6 Å². The first-order valence-electron chi connectivity index (χ1n) is 19.5. The lowest BCUT2D eigenvalue weighted by molar-refractivity contribution is -0.125. The fourth-order valence-electron chi connectivity index (χ4n) is 10.9. The summed E-state index contributed by atoms with van der Waals surface area (Å²) in [5, 5.41) is 6.57. The van der Waals surface area contributed by atoms with Crippen LogP contribution in [0.25, 0.3) is 0 Å². The average Bonchev–Trinajstić information content (AvgIpc) is 3.86. The first-order chi connectivity index (χ1) is 23.5. The lowest BCUT2D eigenvalue weighted by Crippen LogP contribution is -2.46. The highest BCUT2D eigenvalue weighted by Crippen LogP contribution is 2.54. The van der Waals surface area contributed by atoms with Crippen molar-refractivity contribution in [2.75, 3.05) is 33.2 Å². The molecule has 0 aromatic heterocycles. The molecule has 2 aliphatic carbocycles. The van der Waals surface area contributed by atoms with E-state index < -0.39 is 0 Å². The number of nitrogens with zero attached hydrogens (tertiary/aromatic N) is 3. The van der Waals surface area contributed by atoms with Gasteiger partial charge in [0, 0.05) is 36.3 Å². The van der Waals surface area contributed by atoms with Crippen LogP contribution in [0.2, 0.25) is 0 Å². The lowest BCUT2D eigenvalue weighted by atomic mass is 9.84. The molecule has 2 aromatic carbocycles. The molecule has 2 saturated carbocycles. The number of fused-ring (bicyclic) bond motifs is 10. The molecule has 4 bridgehead atoms. The number of carbonyl (C=O) groups is 2. The third-order valence-corrected chi connectivity index (χ3v) is 13.3. The van der Waals surface area contributed by atoms with Gasteiger partial charge in [0.25, 0.3) is 0 Å².